The number of hydrogen-bond donors (Lipinski definition) is 1. The molecular formula is C14H17N5OS. The fourth-order valence-electron chi connectivity index (χ4n) is 1.86. The van der Waals surface area contributed by atoms with Crippen LogP contribution in [0.1, 0.15) is 25.3 Å². The standard InChI is InChI=1S/C14H17N5OS/c1-9-3-7-12(8-4-9)19-14(16-17-18-19)21-10(2)13(20)15-11-5-6-11/h3-4,7-8,10-11H,5-6H2,1-2H3,(H,15,20)/t10-/m1/s1. The van der Waals surface area contributed by atoms with Crippen molar-refractivity contribution >= 4 is 17.7 Å². The van der Waals surface area contributed by atoms with Crippen molar-refractivity contribution in [3.05, 3.63) is 29.8 Å². The smallest absolute Gasteiger partial charge is 0.233 e. The van der Waals surface area contributed by atoms with E-state index in [1.165, 1.54) is 17.3 Å². The summed E-state index contributed by atoms with van der Waals surface area (Å²) < 4.78 is 1.66. The third-order valence-electron chi connectivity index (χ3n) is 3.29. The van der Waals surface area contributed by atoms with Gasteiger partial charge in [0.25, 0.3) is 0 Å². The first-order valence-electron chi connectivity index (χ1n) is 6.96. The molecule has 6 nitrogen and oxygen atoms in total. The second kappa shape index (κ2) is 5.85. The lowest BCUT2D eigenvalue weighted by molar-refractivity contribution is -0.120. The normalized spacial score (nSPS) is 15.7. The molecule has 0 aliphatic heterocycles. The van der Waals surface area contributed by atoms with Gasteiger partial charge in [0, 0.05) is 6.04 Å². The third-order valence-corrected chi connectivity index (χ3v) is 4.33. The van der Waals surface area contributed by atoms with E-state index in [-0.39, 0.29) is 11.2 Å². The molecule has 0 spiro atoms. The van der Waals surface area contributed by atoms with Gasteiger partial charge < -0.3 is 5.32 Å². The second-order valence-corrected chi connectivity index (χ2v) is 6.56. The zero-order valence-electron chi connectivity index (χ0n) is 12.0. The van der Waals surface area contributed by atoms with Crippen LogP contribution in [0.25, 0.3) is 5.69 Å². The lowest BCUT2D eigenvalue weighted by atomic mass is 10.2. The van der Waals surface area contributed by atoms with Crippen molar-refractivity contribution in [1.82, 2.24) is 25.5 Å². The number of aromatic nitrogens is 4. The number of rotatable bonds is 5. The lowest BCUT2D eigenvalue weighted by Gasteiger charge is -2.11. The number of carbonyl (C=O) groups is 1. The molecule has 0 radical (unpaired) electrons. The highest BCUT2D eigenvalue weighted by atomic mass is 32.2. The molecular weight excluding hydrogens is 286 g/mol. The van der Waals surface area contributed by atoms with Crippen LogP contribution < -0.4 is 5.32 Å². The molecule has 1 saturated carbocycles. The fraction of sp³-hybridized carbons (Fsp3) is 0.429. The summed E-state index contributed by atoms with van der Waals surface area (Å²) in [5.74, 6) is 0.0426. The molecule has 3 rings (SSSR count). The average Bonchev–Trinajstić information content (AvgIpc) is 3.16. The molecule has 1 atom stereocenters. The number of nitrogens with zero attached hydrogens (tertiary/aromatic N) is 4. The first-order valence-corrected chi connectivity index (χ1v) is 7.84. The van der Waals surface area contributed by atoms with Gasteiger partial charge in [0.05, 0.1) is 10.9 Å². The van der Waals surface area contributed by atoms with E-state index in [4.69, 9.17) is 0 Å². The number of benzene rings is 1. The molecule has 1 heterocycles. The summed E-state index contributed by atoms with van der Waals surface area (Å²) in [6.07, 6.45) is 2.18. The van der Waals surface area contributed by atoms with Crippen molar-refractivity contribution in [3.63, 3.8) is 0 Å². The Bertz CT molecular complexity index is 635. The molecule has 21 heavy (non-hydrogen) atoms. The monoisotopic (exact) mass is 303 g/mol. The van der Waals surface area contributed by atoms with Gasteiger partial charge in [-0.05, 0) is 49.2 Å². The van der Waals surface area contributed by atoms with Gasteiger partial charge in [0.1, 0.15) is 0 Å². The van der Waals surface area contributed by atoms with Crippen molar-refractivity contribution in [1.29, 1.82) is 0 Å². The zero-order valence-corrected chi connectivity index (χ0v) is 12.8. The van der Waals surface area contributed by atoms with Gasteiger partial charge in [-0.3, -0.25) is 4.79 Å². The SMILES string of the molecule is Cc1ccc(-n2nnnc2S[C@H](C)C(=O)NC2CC2)cc1. The number of thioether (sulfide) groups is 1. The Kier molecular flexibility index (Phi) is 3.92. The summed E-state index contributed by atoms with van der Waals surface area (Å²) in [6.45, 7) is 3.90. The van der Waals surface area contributed by atoms with Crippen LogP contribution in [0.3, 0.4) is 0 Å². The van der Waals surface area contributed by atoms with Crippen LogP contribution in [0.4, 0.5) is 0 Å². The highest BCUT2D eigenvalue weighted by Crippen LogP contribution is 2.25. The molecule has 2 aromatic rings. The van der Waals surface area contributed by atoms with E-state index >= 15 is 0 Å². The van der Waals surface area contributed by atoms with E-state index in [0.29, 0.717) is 11.2 Å². The second-order valence-electron chi connectivity index (χ2n) is 5.25. The first-order chi connectivity index (χ1) is 10.1. The van der Waals surface area contributed by atoms with Crippen LogP contribution in [0.5, 0.6) is 0 Å². The fourth-order valence-corrected chi connectivity index (χ4v) is 2.67. The Morgan fingerprint density at radius 1 is 1.38 bits per heavy atom. The van der Waals surface area contributed by atoms with Crippen LogP contribution in [0.15, 0.2) is 29.4 Å². The van der Waals surface area contributed by atoms with Gasteiger partial charge in [-0.25, -0.2) is 0 Å². The van der Waals surface area contributed by atoms with Crippen LogP contribution in [-0.4, -0.2) is 37.4 Å². The quantitative estimate of drug-likeness (QED) is 0.852. The number of hydrogen-bond acceptors (Lipinski definition) is 5. The van der Waals surface area contributed by atoms with Gasteiger partial charge in [0.2, 0.25) is 11.1 Å². The first kappa shape index (κ1) is 14.1. The largest absolute Gasteiger partial charge is 0.352 e. The maximum Gasteiger partial charge on any atom is 0.233 e. The molecule has 1 aliphatic rings. The predicted molar refractivity (Wildman–Crippen MR) is 80.4 cm³/mol. The Morgan fingerprint density at radius 3 is 2.76 bits per heavy atom. The summed E-state index contributed by atoms with van der Waals surface area (Å²) in [4.78, 5) is 12.0. The molecule has 1 aromatic carbocycles. The van der Waals surface area contributed by atoms with Gasteiger partial charge in [-0.2, -0.15) is 4.68 Å². The Hall–Kier alpha value is -1.89. The maximum absolute atomic E-state index is 12.0. The van der Waals surface area contributed by atoms with Gasteiger partial charge in [-0.1, -0.05) is 29.5 Å². The maximum atomic E-state index is 12.0. The van der Waals surface area contributed by atoms with Crippen LogP contribution >= 0.6 is 11.8 Å². The predicted octanol–water partition coefficient (Wildman–Crippen LogP) is 1.73. The average molecular weight is 303 g/mol. The number of nitrogens with one attached hydrogen (secondary N) is 1. The molecule has 1 fully saturated rings. The van der Waals surface area contributed by atoms with E-state index < -0.39 is 0 Å². The lowest BCUT2D eigenvalue weighted by Crippen LogP contribution is -2.32. The molecule has 1 amide bonds. The van der Waals surface area contributed by atoms with Crippen LogP contribution in [-0.2, 0) is 4.79 Å². The van der Waals surface area contributed by atoms with E-state index in [2.05, 4.69) is 20.8 Å². The molecule has 0 saturated heterocycles. The molecule has 1 aromatic heterocycles. The van der Waals surface area contributed by atoms with Crippen molar-refractivity contribution < 1.29 is 4.79 Å². The van der Waals surface area contributed by atoms with E-state index in [1.807, 2.05) is 38.1 Å². The zero-order chi connectivity index (χ0) is 14.8. The van der Waals surface area contributed by atoms with E-state index in [0.717, 1.165) is 18.5 Å². The minimum Gasteiger partial charge on any atom is -0.352 e. The van der Waals surface area contributed by atoms with E-state index in [9.17, 15) is 4.79 Å². The number of aryl methyl sites for hydroxylation is 1. The molecule has 0 bridgehead atoms. The highest BCUT2D eigenvalue weighted by molar-refractivity contribution is 8.00. The minimum absolute atomic E-state index is 0.0426. The number of tetrazole rings is 1. The molecule has 1 N–H and O–H groups in total. The highest BCUT2D eigenvalue weighted by Gasteiger charge is 2.27. The topological polar surface area (TPSA) is 72.7 Å². The van der Waals surface area contributed by atoms with Gasteiger partial charge in [0.15, 0.2) is 0 Å². The molecule has 7 heteroatoms. The third kappa shape index (κ3) is 3.41. The molecule has 0 unspecified atom stereocenters. The van der Waals surface area contributed by atoms with Gasteiger partial charge >= 0.3 is 0 Å². The minimum atomic E-state index is -0.221. The van der Waals surface area contributed by atoms with Crippen molar-refractivity contribution in [2.75, 3.05) is 0 Å². The summed E-state index contributed by atoms with van der Waals surface area (Å²) in [5.41, 5.74) is 2.07. The molecule has 1 aliphatic carbocycles. The number of amides is 1. The molecule has 110 valence electrons. The van der Waals surface area contributed by atoms with Crippen molar-refractivity contribution in [3.8, 4) is 5.69 Å². The Morgan fingerprint density at radius 2 is 2.10 bits per heavy atom. The van der Waals surface area contributed by atoms with Crippen molar-refractivity contribution in [2.24, 2.45) is 0 Å². The summed E-state index contributed by atoms with van der Waals surface area (Å²) in [7, 11) is 0. The van der Waals surface area contributed by atoms with E-state index in [1.54, 1.807) is 4.68 Å². The van der Waals surface area contributed by atoms with Crippen LogP contribution in [0, 0.1) is 6.92 Å². The summed E-state index contributed by atoms with van der Waals surface area (Å²) >= 11 is 1.37. The van der Waals surface area contributed by atoms with Crippen molar-refractivity contribution in [2.45, 2.75) is 43.1 Å². The Labute approximate surface area is 127 Å². The Balaban J connectivity index is 1.72. The summed E-state index contributed by atoms with van der Waals surface area (Å²) in [6, 6.07) is 8.31. The number of carbonyl (C=O) groups excluding carboxylic acids is 1. The van der Waals surface area contributed by atoms with Gasteiger partial charge in [-0.15, -0.1) is 5.10 Å². The van der Waals surface area contributed by atoms with Crippen LogP contribution in [0.2, 0.25) is 0 Å². The summed E-state index contributed by atoms with van der Waals surface area (Å²) in [5, 5.41) is 15.1.